The molecule has 2 rings (SSSR count). The summed E-state index contributed by atoms with van der Waals surface area (Å²) < 4.78 is 0.585. The number of aromatic nitrogens is 1. The van der Waals surface area contributed by atoms with Crippen molar-refractivity contribution in [1.29, 1.82) is 0 Å². The van der Waals surface area contributed by atoms with Gasteiger partial charge in [0.05, 0.1) is 14.1 Å². The molecule has 0 saturated heterocycles. The Kier molecular flexibility index (Phi) is 2.20. The SMILES string of the molecule is C[N+]1(C)C=C[NH+](Oc2ccccn2)N1. The van der Waals surface area contributed by atoms with E-state index in [-0.39, 0.29) is 0 Å². The molecule has 1 unspecified atom stereocenters. The van der Waals surface area contributed by atoms with Gasteiger partial charge in [-0.15, -0.1) is 0 Å². The number of hydroxylamine groups is 1. The van der Waals surface area contributed by atoms with Crippen molar-refractivity contribution in [2.75, 3.05) is 14.1 Å². The van der Waals surface area contributed by atoms with Crippen LogP contribution in [0.3, 0.4) is 0 Å². The first-order chi connectivity index (χ1) is 6.66. The van der Waals surface area contributed by atoms with Gasteiger partial charge in [0.25, 0.3) is 5.88 Å². The highest BCUT2D eigenvalue weighted by Crippen LogP contribution is 2.00. The van der Waals surface area contributed by atoms with Gasteiger partial charge in [0.15, 0.2) is 6.20 Å². The summed E-state index contributed by atoms with van der Waals surface area (Å²) >= 11 is 0. The molecule has 0 fully saturated rings. The van der Waals surface area contributed by atoms with Gasteiger partial charge in [-0.25, -0.2) is 4.98 Å². The summed E-state index contributed by atoms with van der Waals surface area (Å²) in [5.41, 5.74) is 3.16. The van der Waals surface area contributed by atoms with Crippen molar-refractivity contribution in [3.05, 3.63) is 36.8 Å². The molecule has 2 N–H and O–H groups in total. The first-order valence-electron chi connectivity index (χ1n) is 4.43. The molecule has 1 aromatic rings. The van der Waals surface area contributed by atoms with Crippen LogP contribution in [0.5, 0.6) is 5.88 Å². The predicted octanol–water partition coefficient (Wildman–Crippen LogP) is -0.759. The van der Waals surface area contributed by atoms with E-state index in [0.717, 1.165) is 0 Å². The van der Waals surface area contributed by atoms with Crippen molar-refractivity contribution in [3.63, 3.8) is 0 Å². The van der Waals surface area contributed by atoms with Gasteiger partial charge in [-0.05, 0) is 6.07 Å². The van der Waals surface area contributed by atoms with Gasteiger partial charge in [0.1, 0.15) is 0 Å². The van der Waals surface area contributed by atoms with Crippen LogP contribution in [0.1, 0.15) is 0 Å². The Bertz CT molecular complexity index is 336. The number of nitrogens with zero attached hydrogens (tertiary/aromatic N) is 2. The lowest BCUT2D eigenvalue weighted by Gasteiger charge is -2.17. The maximum Gasteiger partial charge on any atom is 0.284 e. The van der Waals surface area contributed by atoms with Crippen molar-refractivity contribution < 1.29 is 14.6 Å². The Morgan fingerprint density at radius 2 is 2.29 bits per heavy atom. The van der Waals surface area contributed by atoms with Crippen LogP contribution in [0.15, 0.2) is 36.8 Å². The molecule has 0 saturated carbocycles. The van der Waals surface area contributed by atoms with E-state index in [9.17, 15) is 0 Å². The number of quaternary nitrogens is 2. The Labute approximate surface area is 82.7 Å². The van der Waals surface area contributed by atoms with Crippen molar-refractivity contribution in [1.82, 2.24) is 10.5 Å². The zero-order valence-electron chi connectivity index (χ0n) is 8.27. The summed E-state index contributed by atoms with van der Waals surface area (Å²) in [4.78, 5) is 9.57. The van der Waals surface area contributed by atoms with E-state index < -0.39 is 0 Å². The summed E-state index contributed by atoms with van der Waals surface area (Å²) in [6, 6.07) is 5.57. The minimum absolute atomic E-state index is 0.585. The van der Waals surface area contributed by atoms with Gasteiger partial charge in [-0.3, -0.25) is 4.84 Å². The van der Waals surface area contributed by atoms with Crippen LogP contribution < -0.4 is 15.5 Å². The second-order valence-corrected chi connectivity index (χ2v) is 3.60. The summed E-state index contributed by atoms with van der Waals surface area (Å²) in [5, 5.41) is 0.716. The molecular formula is C9H14N4O+2. The standard InChI is InChI=1S/C9H13N4O/c1-13(2)8-7-12(11-13)14-9-5-3-4-6-10-9/h3-8,11H,1-2H3/q+1/p+1. The van der Waals surface area contributed by atoms with E-state index in [2.05, 4.69) is 10.5 Å². The molecule has 74 valence electrons. The van der Waals surface area contributed by atoms with E-state index in [4.69, 9.17) is 4.84 Å². The van der Waals surface area contributed by atoms with Gasteiger partial charge in [0.2, 0.25) is 6.20 Å². The summed E-state index contributed by atoms with van der Waals surface area (Å²) in [5.74, 6) is 0.599. The molecule has 0 aromatic carbocycles. The molecule has 1 aliphatic rings. The minimum atomic E-state index is 0.585. The fourth-order valence-corrected chi connectivity index (χ4v) is 1.19. The summed E-state index contributed by atoms with van der Waals surface area (Å²) in [6.07, 6.45) is 5.60. The third-order valence-corrected chi connectivity index (χ3v) is 1.85. The van der Waals surface area contributed by atoms with Gasteiger partial charge in [-0.1, -0.05) is 6.07 Å². The maximum atomic E-state index is 5.50. The molecule has 0 amide bonds. The summed E-state index contributed by atoms with van der Waals surface area (Å²) in [7, 11) is 4.04. The molecule has 0 radical (unpaired) electrons. The molecular weight excluding hydrogens is 180 g/mol. The van der Waals surface area contributed by atoms with Crippen LogP contribution in [0.2, 0.25) is 0 Å². The van der Waals surface area contributed by atoms with Crippen molar-refractivity contribution in [2.45, 2.75) is 0 Å². The number of hydrogen-bond acceptors (Lipinski definition) is 3. The van der Waals surface area contributed by atoms with Crippen LogP contribution in [-0.2, 0) is 0 Å². The minimum Gasteiger partial charge on any atom is -0.266 e. The molecule has 1 atom stereocenters. The normalized spacial score (nSPS) is 23.7. The average molecular weight is 194 g/mol. The van der Waals surface area contributed by atoms with Gasteiger partial charge in [-0.2, -0.15) is 4.59 Å². The smallest absolute Gasteiger partial charge is 0.266 e. The Hall–Kier alpha value is -1.43. The highest BCUT2D eigenvalue weighted by atomic mass is 16.7. The van der Waals surface area contributed by atoms with E-state index in [1.165, 1.54) is 0 Å². The topological polar surface area (TPSA) is 38.6 Å². The maximum absolute atomic E-state index is 5.50. The predicted molar refractivity (Wildman–Crippen MR) is 50.2 cm³/mol. The van der Waals surface area contributed by atoms with E-state index in [1.807, 2.05) is 44.7 Å². The molecule has 5 heteroatoms. The lowest BCUT2D eigenvalue weighted by molar-refractivity contribution is -1.16. The molecule has 0 aliphatic carbocycles. The van der Waals surface area contributed by atoms with E-state index in [1.54, 1.807) is 6.20 Å². The Balaban J connectivity index is 1.98. The fraction of sp³-hybridized carbons (Fsp3) is 0.222. The molecule has 0 spiro atoms. The van der Waals surface area contributed by atoms with Crippen molar-refractivity contribution >= 4 is 0 Å². The quantitative estimate of drug-likeness (QED) is 0.608. The monoisotopic (exact) mass is 194 g/mol. The van der Waals surface area contributed by atoms with Crippen LogP contribution in [-0.4, -0.2) is 23.7 Å². The summed E-state index contributed by atoms with van der Waals surface area (Å²) in [6.45, 7) is 0. The second kappa shape index (κ2) is 3.38. The second-order valence-electron chi connectivity index (χ2n) is 3.60. The molecule has 2 heterocycles. The number of rotatable bonds is 2. The van der Waals surface area contributed by atoms with Crippen LogP contribution >= 0.6 is 0 Å². The first-order valence-corrected chi connectivity index (χ1v) is 4.43. The molecule has 5 nitrogen and oxygen atoms in total. The molecule has 14 heavy (non-hydrogen) atoms. The Morgan fingerprint density at radius 3 is 2.86 bits per heavy atom. The largest absolute Gasteiger partial charge is 0.284 e. The lowest BCUT2D eigenvalue weighted by atomic mass is 10.5. The van der Waals surface area contributed by atoms with E-state index >= 15 is 0 Å². The van der Waals surface area contributed by atoms with Crippen molar-refractivity contribution in [3.8, 4) is 5.88 Å². The van der Waals surface area contributed by atoms with Gasteiger partial charge >= 0.3 is 0 Å². The Morgan fingerprint density at radius 1 is 1.43 bits per heavy atom. The number of hydrogen-bond donors (Lipinski definition) is 2. The fourth-order valence-electron chi connectivity index (χ4n) is 1.19. The van der Waals surface area contributed by atoms with Gasteiger partial charge in [0, 0.05) is 23.0 Å². The lowest BCUT2D eigenvalue weighted by Crippen LogP contribution is -3.16. The first kappa shape index (κ1) is 9.14. The highest BCUT2D eigenvalue weighted by Gasteiger charge is 2.29. The van der Waals surface area contributed by atoms with Crippen LogP contribution in [0.25, 0.3) is 0 Å². The third-order valence-electron chi connectivity index (χ3n) is 1.85. The molecule has 1 aliphatic heterocycles. The van der Waals surface area contributed by atoms with Crippen LogP contribution in [0.4, 0.5) is 0 Å². The van der Waals surface area contributed by atoms with Crippen molar-refractivity contribution in [2.24, 2.45) is 0 Å². The van der Waals surface area contributed by atoms with E-state index in [0.29, 0.717) is 15.6 Å². The number of pyridine rings is 1. The zero-order chi connectivity index (χ0) is 10.0. The zero-order valence-corrected chi connectivity index (χ0v) is 8.27. The molecule has 1 aromatic heterocycles. The third kappa shape index (κ3) is 2.08. The highest BCUT2D eigenvalue weighted by molar-refractivity contribution is 5.07. The van der Waals surface area contributed by atoms with Crippen LogP contribution in [0, 0.1) is 0 Å². The number of nitrogens with one attached hydrogen (secondary N) is 2. The average Bonchev–Trinajstić information content (AvgIpc) is 2.47. The molecule has 0 bridgehead atoms. The van der Waals surface area contributed by atoms with Gasteiger partial charge < -0.3 is 0 Å².